The third-order valence-electron chi connectivity index (χ3n) is 3.83. The van der Waals surface area contributed by atoms with Crippen molar-refractivity contribution in [1.29, 1.82) is 0 Å². The number of amides is 1. The second kappa shape index (κ2) is 8.51. The third kappa shape index (κ3) is 4.74. The number of halogens is 1. The number of hydrogen-bond acceptors (Lipinski definition) is 4. The molecule has 5 nitrogen and oxygen atoms in total. The van der Waals surface area contributed by atoms with Gasteiger partial charge in [-0.2, -0.15) is 0 Å². The molecule has 0 aliphatic heterocycles. The van der Waals surface area contributed by atoms with Gasteiger partial charge in [-0.1, -0.05) is 75.7 Å². The fourth-order valence-electron chi connectivity index (χ4n) is 2.32. The third-order valence-corrected chi connectivity index (χ3v) is 5.49. The Hall–Kier alpha value is -2.12. The molecule has 26 heavy (non-hydrogen) atoms. The van der Waals surface area contributed by atoms with Crippen LogP contribution in [0.2, 0.25) is 0 Å². The Balaban J connectivity index is 1.57. The molecule has 1 atom stereocenters. The fraction of sp³-hybridized carbons (Fsp3) is 0.211. The Kier molecular flexibility index (Phi) is 6.11. The molecule has 0 spiro atoms. The molecule has 0 saturated carbocycles. The summed E-state index contributed by atoms with van der Waals surface area (Å²) in [6.07, 6.45) is 0. The van der Waals surface area contributed by atoms with Crippen LogP contribution >= 0.6 is 27.7 Å². The zero-order valence-corrected chi connectivity index (χ0v) is 16.9. The number of aryl methyl sites for hydroxylation is 1. The van der Waals surface area contributed by atoms with Gasteiger partial charge in [-0.05, 0) is 25.5 Å². The highest BCUT2D eigenvalue weighted by atomic mass is 79.9. The molecule has 0 fully saturated rings. The zero-order chi connectivity index (χ0) is 18.5. The monoisotopic (exact) mass is 430 g/mol. The molecular weight excluding hydrogens is 412 g/mol. The zero-order valence-electron chi connectivity index (χ0n) is 14.5. The summed E-state index contributed by atoms with van der Waals surface area (Å²) < 4.78 is 0.941. The first kappa shape index (κ1) is 18.7. The standard InChI is InChI=1S/C19H19BrN4OS/c1-12-7-9-14(10-8-12)11-21-18(25)13(2)26-19-22-17(23-24-19)15-5-3-4-6-16(15)20/h3-10,13H,11H2,1-2H3,(H,21,25)(H,22,23,24). The molecule has 3 aromatic rings. The van der Waals surface area contributed by atoms with Crippen molar-refractivity contribution >= 4 is 33.6 Å². The summed E-state index contributed by atoms with van der Waals surface area (Å²) in [5.74, 6) is 0.634. The van der Waals surface area contributed by atoms with Gasteiger partial charge < -0.3 is 5.32 Å². The maximum atomic E-state index is 12.3. The maximum Gasteiger partial charge on any atom is 0.233 e. The number of nitrogens with one attached hydrogen (secondary N) is 2. The minimum absolute atomic E-state index is 0.0391. The topological polar surface area (TPSA) is 70.7 Å². The predicted molar refractivity (Wildman–Crippen MR) is 108 cm³/mol. The molecule has 0 aliphatic rings. The summed E-state index contributed by atoms with van der Waals surface area (Å²) in [6, 6.07) is 15.9. The Labute approximate surface area is 165 Å². The van der Waals surface area contributed by atoms with Crippen LogP contribution in [0.1, 0.15) is 18.1 Å². The van der Waals surface area contributed by atoms with Crippen molar-refractivity contribution < 1.29 is 4.79 Å². The molecule has 2 N–H and O–H groups in total. The lowest BCUT2D eigenvalue weighted by atomic mass is 10.1. The normalized spacial score (nSPS) is 12.0. The lowest BCUT2D eigenvalue weighted by Crippen LogP contribution is -2.30. The van der Waals surface area contributed by atoms with Gasteiger partial charge in [-0.3, -0.25) is 9.89 Å². The number of hydrogen-bond donors (Lipinski definition) is 2. The number of aromatic nitrogens is 3. The number of H-pyrrole nitrogens is 1. The van der Waals surface area contributed by atoms with E-state index >= 15 is 0 Å². The molecule has 3 rings (SSSR count). The second-order valence-electron chi connectivity index (χ2n) is 5.91. The van der Waals surface area contributed by atoms with Crippen LogP contribution in [0.5, 0.6) is 0 Å². The van der Waals surface area contributed by atoms with Gasteiger partial charge in [-0.15, -0.1) is 5.10 Å². The number of carbonyl (C=O) groups excluding carboxylic acids is 1. The Morgan fingerprint density at radius 2 is 1.96 bits per heavy atom. The summed E-state index contributed by atoms with van der Waals surface area (Å²) >= 11 is 4.83. The average Bonchev–Trinajstić information content (AvgIpc) is 3.09. The van der Waals surface area contributed by atoms with Crippen LogP contribution in [0.25, 0.3) is 11.4 Å². The van der Waals surface area contributed by atoms with E-state index in [2.05, 4.69) is 36.4 Å². The fourth-order valence-corrected chi connectivity index (χ4v) is 3.54. The average molecular weight is 431 g/mol. The van der Waals surface area contributed by atoms with Gasteiger partial charge in [0.15, 0.2) is 5.82 Å². The summed E-state index contributed by atoms with van der Waals surface area (Å²) in [5.41, 5.74) is 3.22. The lowest BCUT2D eigenvalue weighted by molar-refractivity contribution is -0.120. The molecule has 0 aliphatic carbocycles. The molecule has 0 saturated heterocycles. The van der Waals surface area contributed by atoms with Crippen LogP contribution in [0.15, 0.2) is 58.2 Å². The van der Waals surface area contributed by atoms with E-state index in [0.717, 1.165) is 15.6 Å². The molecule has 0 radical (unpaired) electrons. The highest BCUT2D eigenvalue weighted by Crippen LogP contribution is 2.27. The van der Waals surface area contributed by atoms with Crippen molar-refractivity contribution in [2.24, 2.45) is 0 Å². The van der Waals surface area contributed by atoms with Crippen molar-refractivity contribution in [2.45, 2.75) is 30.8 Å². The van der Waals surface area contributed by atoms with E-state index in [9.17, 15) is 4.79 Å². The van der Waals surface area contributed by atoms with E-state index < -0.39 is 0 Å². The van der Waals surface area contributed by atoms with Crippen molar-refractivity contribution in [3.63, 3.8) is 0 Å². The van der Waals surface area contributed by atoms with E-state index in [1.54, 1.807) is 0 Å². The first-order chi connectivity index (χ1) is 12.5. The SMILES string of the molecule is Cc1ccc(CNC(=O)C(C)Sc2n[nH]c(-c3ccccc3Br)n2)cc1. The first-order valence-corrected chi connectivity index (χ1v) is 9.87. The summed E-state index contributed by atoms with van der Waals surface area (Å²) in [4.78, 5) is 16.8. The van der Waals surface area contributed by atoms with E-state index in [4.69, 9.17) is 0 Å². The number of rotatable bonds is 6. The smallest absolute Gasteiger partial charge is 0.233 e. The molecule has 134 valence electrons. The highest BCUT2D eigenvalue weighted by Gasteiger charge is 2.17. The molecule has 1 unspecified atom stereocenters. The van der Waals surface area contributed by atoms with E-state index in [1.807, 2.05) is 62.4 Å². The van der Waals surface area contributed by atoms with Crippen LogP contribution in [-0.4, -0.2) is 26.3 Å². The van der Waals surface area contributed by atoms with Gasteiger partial charge in [-0.25, -0.2) is 4.98 Å². The highest BCUT2D eigenvalue weighted by molar-refractivity contribution is 9.10. The van der Waals surface area contributed by atoms with E-state index in [0.29, 0.717) is 17.5 Å². The minimum atomic E-state index is -0.289. The predicted octanol–water partition coefficient (Wildman–Crippen LogP) is 4.34. The van der Waals surface area contributed by atoms with Crippen molar-refractivity contribution in [1.82, 2.24) is 20.5 Å². The van der Waals surface area contributed by atoms with Gasteiger partial charge in [0, 0.05) is 16.6 Å². The largest absolute Gasteiger partial charge is 0.351 e. The quantitative estimate of drug-likeness (QED) is 0.570. The molecule has 1 heterocycles. The van der Waals surface area contributed by atoms with Crippen LogP contribution in [-0.2, 0) is 11.3 Å². The molecule has 1 aromatic heterocycles. The first-order valence-electron chi connectivity index (χ1n) is 8.20. The number of nitrogens with zero attached hydrogens (tertiary/aromatic N) is 2. The number of benzene rings is 2. The number of thioether (sulfide) groups is 1. The van der Waals surface area contributed by atoms with Crippen LogP contribution in [0.4, 0.5) is 0 Å². The van der Waals surface area contributed by atoms with Gasteiger partial charge in [0.25, 0.3) is 0 Å². The maximum absolute atomic E-state index is 12.3. The summed E-state index contributed by atoms with van der Waals surface area (Å²) in [5, 5.41) is 10.4. The Morgan fingerprint density at radius 1 is 1.23 bits per heavy atom. The molecule has 0 bridgehead atoms. The van der Waals surface area contributed by atoms with Gasteiger partial charge in [0.05, 0.1) is 5.25 Å². The Morgan fingerprint density at radius 3 is 2.69 bits per heavy atom. The Bertz CT molecular complexity index is 895. The molecule has 1 amide bonds. The van der Waals surface area contributed by atoms with Crippen LogP contribution in [0.3, 0.4) is 0 Å². The van der Waals surface area contributed by atoms with Gasteiger partial charge >= 0.3 is 0 Å². The van der Waals surface area contributed by atoms with Crippen LogP contribution in [0, 0.1) is 6.92 Å². The van der Waals surface area contributed by atoms with E-state index in [1.165, 1.54) is 17.3 Å². The van der Waals surface area contributed by atoms with Crippen molar-refractivity contribution in [2.75, 3.05) is 0 Å². The molecule has 7 heteroatoms. The number of carbonyl (C=O) groups is 1. The van der Waals surface area contributed by atoms with E-state index in [-0.39, 0.29) is 11.2 Å². The summed E-state index contributed by atoms with van der Waals surface area (Å²) in [7, 11) is 0. The lowest BCUT2D eigenvalue weighted by Gasteiger charge is -2.10. The van der Waals surface area contributed by atoms with Gasteiger partial charge in [0.1, 0.15) is 0 Å². The minimum Gasteiger partial charge on any atom is -0.351 e. The number of aromatic amines is 1. The van der Waals surface area contributed by atoms with Gasteiger partial charge in [0.2, 0.25) is 11.1 Å². The molecular formula is C19H19BrN4OS. The second-order valence-corrected chi connectivity index (χ2v) is 8.07. The van der Waals surface area contributed by atoms with Crippen molar-refractivity contribution in [3.05, 3.63) is 64.1 Å². The molecule has 2 aromatic carbocycles. The van der Waals surface area contributed by atoms with Crippen LogP contribution < -0.4 is 5.32 Å². The summed E-state index contributed by atoms with van der Waals surface area (Å²) in [6.45, 7) is 4.41. The van der Waals surface area contributed by atoms with Crippen molar-refractivity contribution in [3.8, 4) is 11.4 Å².